The first kappa shape index (κ1) is 30.9. The number of imide groups is 1. The van der Waals surface area contributed by atoms with E-state index in [0.29, 0.717) is 34.9 Å². The molecule has 13 nitrogen and oxygen atoms in total. The van der Waals surface area contributed by atoms with E-state index in [9.17, 15) is 38.4 Å². The third kappa shape index (κ3) is 4.75. The van der Waals surface area contributed by atoms with Crippen LogP contribution in [0, 0.1) is 0 Å². The van der Waals surface area contributed by atoms with Gasteiger partial charge in [0, 0.05) is 39.2 Å². The summed E-state index contributed by atoms with van der Waals surface area (Å²) in [5.41, 5.74) is 6.71. The lowest BCUT2D eigenvalue weighted by Gasteiger charge is -2.28. The molecule has 0 unspecified atom stereocenters. The SMILES string of the molecule is CCCN.CCCN1C(=O)c2ccc3c4c(ccc(c24)C1=O)C(=O)OC3=O.O=C1OC(=O)c2ccc3c4c(ccc1c24)C(=O)OC3=O. The summed E-state index contributed by atoms with van der Waals surface area (Å²) < 4.78 is 13.9. The van der Waals surface area contributed by atoms with Crippen molar-refractivity contribution in [2.45, 2.75) is 26.7 Å². The van der Waals surface area contributed by atoms with Gasteiger partial charge in [-0.3, -0.25) is 14.5 Å². The Bertz CT molecular complexity index is 1960. The van der Waals surface area contributed by atoms with Gasteiger partial charge in [-0.05, 0) is 67.9 Å². The number of nitrogens with zero attached hydrogens (tertiary/aromatic N) is 1. The Kier molecular flexibility index (Phi) is 7.69. The molecule has 0 saturated heterocycles. The first-order chi connectivity index (χ1) is 22.5. The van der Waals surface area contributed by atoms with Crippen molar-refractivity contribution in [1.29, 1.82) is 0 Å². The number of amides is 2. The summed E-state index contributed by atoms with van der Waals surface area (Å²) in [7, 11) is 0. The first-order valence-electron chi connectivity index (χ1n) is 14.6. The number of nitrogens with two attached hydrogens (primary N) is 1. The second kappa shape index (κ2) is 11.7. The third-order valence-corrected chi connectivity index (χ3v) is 7.88. The van der Waals surface area contributed by atoms with E-state index in [4.69, 9.17) is 5.73 Å². The van der Waals surface area contributed by atoms with Crippen LogP contribution in [0.3, 0.4) is 0 Å². The lowest BCUT2D eigenvalue weighted by atomic mass is 9.87. The number of ether oxygens (including phenoxy) is 3. The second-order valence-corrected chi connectivity index (χ2v) is 10.7. The summed E-state index contributed by atoms with van der Waals surface area (Å²) in [6.07, 6.45) is 1.75. The number of hydrogen-bond acceptors (Lipinski definition) is 12. The Hall–Kier alpha value is -6.08. The lowest BCUT2D eigenvalue weighted by Crippen LogP contribution is -2.41. The van der Waals surface area contributed by atoms with E-state index in [1.165, 1.54) is 53.4 Å². The molecule has 4 aromatic rings. The maximum atomic E-state index is 12.6. The molecule has 0 atom stereocenters. The average Bonchev–Trinajstić information content (AvgIpc) is 3.06. The lowest BCUT2D eigenvalue weighted by molar-refractivity contribution is 0.0366. The van der Waals surface area contributed by atoms with Crippen molar-refractivity contribution >= 4 is 69.2 Å². The van der Waals surface area contributed by atoms with E-state index in [1.807, 2.05) is 6.92 Å². The van der Waals surface area contributed by atoms with Gasteiger partial charge in [-0.2, -0.15) is 0 Å². The van der Waals surface area contributed by atoms with Crippen LogP contribution in [-0.2, 0) is 14.2 Å². The maximum absolute atomic E-state index is 12.6. The van der Waals surface area contributed by atoms with Crippen molar-refractivity contribution in [3.63, 3.8) is 0 Å². The molecule has 8 rings (SSSR count). The fourth-order valence-corrected chi connectivity index (χ4v) is 5.76. The molecule has 0 saturated carbocycles. The molecule has 4 aromatic carbocycles. The smallest absolute Gasteiger partial charge is 0.346 e. The van der Waals surface area contributed by atoms with Gasteiger partial charge in [-0.25, -0.2) is 28.8 Å². The Morgan fingerprint density at radius 1 is 0.447 bits per heavy atom. The molecule has 0 aromatic heterocycles. The van der Waals surface area contributed by atoms with Crippen LogP contribution in [0.2, 0.25) is 0 Å². The molecule has 0 bridgehead atoms. The fourth-order valence-electron chi connectivity index (χ4n) is 5.76. The maximum Gasteiger partial charge on any atom is 0.346 e. The van der Waals surface area contributed by atoms with Gasteiger partial charge in [-0.1, -0.05) is 13.8 Å². The standard InChI is InChI=1S/C17H11NO5.C14H4O6.C3H9N/c1-2-7-18-14(19)8-3-5-10-13-11(17(22)23-16(10)21)6-4-9(12(8)13)15(18)20;15-11-5-1-2-6-10-8(14(18)20-12(6)16)4-3-7(9(5)10)13(17)19-11;1-2-3-4/h3-6H,2,7H2,1H3;1-4H;2-4H2,1H3. The van der Waals surface area contributed by atoms with Gasteiger partial charge in [0.15, 0.2) is 0 Å². The second-order valence-electron chi connectivity index (χ2n) is 10.7. The summed E-state index contributed by atoms with van der Waals surface area (Å²) >= 11 is 0. The first-order valence-corrected chi connectivity index (χ1v) is 14.6. The molecule has 236 valence electrons. The zero-order valence-electron chi connectivity index (χ0n) is 25.0. The largest absolute Gasteiger partial charge is 0.386 e. The minimum Gasteiger partial charge on any atom is -0.386 e. The molecule has 0 aliphatic carbocycles. The number of rotatable bonds is 3. The van der Waals surface area contributed by atoms with E-state index < -0.39 is 47.6 Å². The number of carbonyl (C=O) groups is 8. The molecule has 0 spiro atoms. The topological polar surface area (TPSA) is 194 Å². The summed E-state index contributed by atoms with van der Waals surface area (Å²) in [6, 6.07) is 11.5. The highest BCUT2D eigenvalue weighted by molar-refractivity contribution is 6.32. The monoisotopic (exact) mass is 636 g/mol. The molecule has 4 aliphatic heterocycles. The number of esters is 6. The van der Waals surface area contributed by atoms with Crippen LogP contribution in [0.4, 0.5) is 0 Å². The normalized spacial score (nSPS) is 15.4. The summed E-state index contributed by atoms with van der Waals surface area (Å²) in [5.74, 6) is -5.51. The summed E-state index contributed by atoms with van der Waals surface area (Å²) in [5, 5.41) is 1.24. The van der Waals surface area contributed by atoms with Gasteiger partial charge in [0.25, 0.3) is 11.8 Å². The molecule has 47 heavy (non-hydrogen) atoms. The number of carbonyl (C=O) groups excluding carboxylic acids is 8. The van der Waals surface area contributed by atoms with Crippen LogP contribution in [0.25, 0.3) is 21.5 Å². The Labute approximate surface area is 265 Å². The van der Waals surface area contributed by atoms with Crippen molar-refractivity contribution in [3.8, 4) is 0 Å². The number of benzene rings is 4. The van der Waals surface area contributed by atoms with Crippen LogP contribution < -0.4 is 5.73 Å². The minimum atomic E-state index is -0.794. The van der Waals surface area contributed by atoms with E-state index in [2.05, 4.69) is 21.1 Å². The Morgan fingerprint density at radius 2 is 0.681 bits per heavy atom. The summed E-state index contributed by atoms with van der Waals surface area (Å²) in [6.45, 7) is 5.08. The quantitative estimate of drug-likeness (QED) is 0.147. The van der Waals surface area contributed by atoms with Crippen molar-refractivity contribution in [3.05, 3.63) is 93.0 Å². The molecular formula is C34H24N2O11. The van der Waals surface area contributed by atoms with Gasteiger partial charge in [0.2, 0.25) is 0 Å². The molecule has 0 fully saturated rings. The van der Waals surface area contributed by atoms with Gasteiger partial charge in [-0.15, -0.1) is 0 Å². The van der Waals surface area contributed by atoms with E-state index in [-0.39, 0.29) is 44.2 Å². The third-order valence-electron chi connectivity index (χ3n) is 7.88. The molecule has 13 heteroatoms. The van der Waals surface area contributed by atoms with Crippen LogP contribution in [0.1, 0.15) is 110 Å². The zero-order chi connectivity index (χ0) is 33.7. The highest BCUT2D eigenvalue weighted by Gasteiger charge is 2.38. The number of hydrogen-bond donors (Lipinski definition) is 1. The van der Waals surface area contributed by atoms with Crippen molar-refractivity contribution in [2.75, 3.05) is 13.1 Å². The van der Waals surface area contributed by atoms with Crippen molar-refractivity contribution in [2.24, 2.45) is 5.73 Å². The number of cyclic esters (lactones) is 6. The molecule has 4 aliphatic rings. The minimum absolute atomic E-state index is 0.155. The Balaban J connectivity index is 0.000000149. The predicted molar refractivity (Wildman–Crippen MR) is 162 cm³/mol. The molecular weight excluding hydrogens is 612 g/mol. The average molecular weight is 637 g/mol. The van der Waals surface area contributed by atoms with Gasteiger partial charge >= 0.3 is 35.8 Å². The molecule has 2 amide bonds. The van der Waals surface area contributed by atoms with Crippen molar-refractivity contribution < 1.29 is 52.6 Å². The van der Waals surface area contributed by atoms with E-state index in [0.717, 1.165) is 13.0 Å². The van der Waals surface area contributed by atoms with Crippen LogP contribution in [-0.4, -0.2) is 65.6 Å². The highest BCUT2D eigenvalue weighted by atomic mass is 16.6. The van der Waals surface area contributed by atoms with Gasteiger partial charge in [0.1, 0.15) is 0 Å². The summed E-state index contributed by atoms with van der Waals surface area (Å²) in [4.78, 5) is 97.2. The van der Waals surface area contributed by atoms with Crippen LogP contribution in [0.5, 0.6) is 0 Å². The van der Waals surface area contributed by atoms with Crippen LogP contribution in [0.15, 0.2) is 48.5 Å². The van der Waals surface area contributed by atoms with Gasteiger partial charge < -0.3 is 19.9 Å². The highest BCUT2D eigenvalue weighted by Crippen LogP contribution is 2.38. The van der Waals surface area contributed by atoms with Gasteiger partial charge in [0.05, 0.1) is 33.4 Å². The molecule has 4 heterocycles. The van der Waals surface area contributed by atoms with E-state index in [1.54, 1.807) is 0 Å². The van der Waals surface area contributed by atoms with Crippen LogP contribution >= 0.6 is 0 Å². The van der Waals surface area contributed by atoms with Crippen molar-refractivity contribution in [1.82, 2.24) is 4.90 Å². The predicted octanol–water partition coefficient (Wildman–Crippen LogP) is 3.97. The molecule has 2 N–H and O–H groups in total. The molecule has 0 radical (unpaired) electrons. The van der Waals surface area contributed by atoms with E-state index >= 15 is 0 Å². The zero-order valence-corrected chi connectivity index (χ0v) is 25.0. The fraction of sp³-hybridized carbons (Fsp3) is 0.176. The Morgan fingerprint density at radius 3 is 0.915 bits per heavy atom.